The molecule has 0 saturated carbocycles. The third-order valence-electron chi connectivity index (χ3n) is 3.70. The Labute approximate surface area is 101 Å². The van der Waals surface area contributed by atoms with Crippen LogP contribution >= 0.6 is 0 Å². The lowest BCUT2D eigenvalue weighted by atomic mass is 10.2. The van der Waals surface area contributed by atoms with Gasteiger partial charge in [-0.15, -0.1) is 0 Å². The fourth-order valence-corrected chi connectivity index (χ4v) is 2.71. The predicted molar refractivity (Wildman–Crippen MR) is 75.3 cm³/mol. The molecule has 16 heavy (non-hydrogen) atoms. The Kier molecular flexibility index (Phi) is 4.33. The minimum Gasteiger partial charge on any atom is -0.337 e. The Morgan fingerprint density at radius 1 is 1.06 bits per heavy atom. The van der Waals surface area contributed by atoms with E-state index in [1.54, 1.807) is 0 Å². The second-order valence-electron chi connectivity index (χ2n) is 6.04. The van der Waals surface area contributed by atoms with Gasteiger partial charge in [0.25, 0.3) is 0 Å². The first kappa shape index (κ1) is 13.5. The average Bonchev–Trinajstić information content (AvgIpc) is 2.17. The van der Waals surface area contributed by atoms with E-state index in [1.807, 2.05) is 0 Å². The summed E-state index contributed by atoms with van der Waals surface area (Å²) < 4.78 is 0. The molecule has 0 saturated heterocycles. The lowest BCUT2D eigenvalue weighted by Crippen LogP contribution is -2.52. The molecule has 1 rings (SSSR count). The van der Waals surface area contributed by atoms with Gasteiger partial charge in [-0.25, -0.2) is 0 Å². The molecule has 90 valence electrons. The maximum atomic E-state index is 3.79. The molecule has 0 spiro atoms. The molecule has 0 unspecified atom stereocenters. The van der Waals surface area contributed by atoms with Crippen molar-refractivity contribution in [2.75, 3.05) is 6.54 Å². The van der Waals surface area contributed by atoms with Crippen LogP contribution in [0.25, 0.3) is 0 Å². The van der Waals surface area contributed by atoms with Crippen LogP contribution in [0, 0.1) is 0 Å². The van der Waals surface area contributed by atoms with Gasteiger partial charge >= 0.3 is 0 Å². The van der Waals surface area contributed by atoms with E-state index in [4.69, 9.17) is 0 Å². The van der Waals surface area contributed by atoms with Crippen LogP contribution in [0.5, 0.6) is 0 Å². The van der Waals surface area contributed by atoms with Gasteiger partial charge in [-0.05, 0) is 23.6 Å². The summed E-state index contributed by atoms with van der Waals surface area (Å²) >= 11 is 0. The summed E-state index contributed by atoms with van der Waals surface area (Å²) in [5, 5.41) is 0.420. The Morgan fingerprint density at radius 2 is 1.62 bits per heavy atom. The number of benzene rings is 1. The lowest BCUT2D eigenvalue weighted by Gasteiger charge is -2.37. The highest BCUT2D eigenvalue weighted by atomic mass is 28.3. The summed E-state index contributed by atoms with van der Waals surface area (Å²) in [7, 11) is -1.31. The largest absolute Gasteiger partial charge is 0.337 e. The fraction of sp³-hybridized carbons (Fsp3) is 0.571. The van der Waals surface area contributed by atoms with Crippen LogP contribution in [0.4, 0.5) is 0 Å². The van der Waals surface area contributed by atoms with Gasteiger partial charge in [-0.1, -0.05) is 64.2 Å². The van der Waals surface area contributed by atoms with Crippen LogP contribution in [0.1, 0.15) is 26.3 Å². The molecule has 1 N–H and O–H groups in total. The monoisotopic (exact) mass is 235 g/mol. The molecular formula is C14H25NSi. The van der Waals surface area contributed by atoms with Crippen LogP contribution < -0.4 is 4.98 Å². The van der Waals surface area contributed by atoms with Gasteiger partial charge in [0, 0.05) is 0 Å². The third kappa shape index (κ3) is 3.76. The highest BCUT2D eigenvalue weighted by molar-refractivity contribution is 6.77. The number of hydrogen-bond donors (Lipinski definition) is 1. The van der Waals surface area contributed by atoms with Crippen LogP contribution in [-0.4, -0.2) is 14.8 Å². The summed E-state index contributed by atoms with van der Waals surface area (Å²) in [4.78, 5) is 3.79. The van der Waals surface area contributed by atoms with Gasteiger partial charge in [-0.3, -0.25) is 0 Å². The maximum absolute atomic E-state index is 3.79. The summed E-state index contributed by atoms with van der Waals surface area (Å²) in [6, 6.07) is 10.7. The molecule has 1 nitrogen and oxygen atoms in total. The minimum absolute atomic E-state index is 0.420. The molecule has 0 fully saturated rings. The first-order valence-electron chi connectivity index (χ1n) is 6.12. The van der Waals surface area contributed by atoms with Gasteiger partial charge in [-0.2, -0.15) is 0 Å². The van der Waals surface area contributed by atoms with Crippen molar-refractivity contribution < 1.29 is 0 Å². The normalized spacial score (nSPS) is 12.8. The van der Waals surface area contributed by atoms with E-state index in [1.165, 1.54) is 5.56 Å². The van der Waals surface area contributed by atoms with E-state index in [2.05, 4.69) is 69.2 Å². The molecule has 0 aliphatic carbocycles. The molecule has 0 aliphatic rings. The van der Waals surface area contributed by atoms with Crippen molar-refractivity contribution in [1.29, 1.82) is 0 Å². The standard InChI is InChI=1S/C14H25NSi/c1-14(2,3)16(4,5)15-12-11-13-9-7-6-8-10-13/h6-10,15H,11-12H2,1-5H3. The highest BCUT2D eigenvalue weighted by Crippen LogP contribution is 2.33. The van der Waals surface area contributed by atoms with Crippen LogP contribution in [0.3, 0.4) is 0 Å². The van der Waals surface area contributed by atoms with E-state index >= 15 is 0 Å². The molecule has 1 aromatic carbocycles. The predicted octanol–water partition coefficient (Wildman–Crippen LogP) is 3.82. The third-order valence-corrected chi connectivity index (χ3v) is 8.58. The Hall–Kier alpha value is -0.603. The first-order chi connectivity index (χ1) is 7.33. The fourth-order valence-electron chi connectivity index (χ4n) is 1.43. The van der Waals surface area contributed by atoms with Crippen molar-refractivity contribution in [3.05, 3.63) is 35.9 Å². The molecule has 0 heterocycles. The number of rotatable bonds is 4. The molecule has 0 atom stereocenters. The van der Waals surface area contributed by atoms with E-state index in [0.29, 0.717) is 5.04 Å². The Balaban J connectivity index is 2.42. The molecule has 0 amide bonds. The smallest absolute Gasteiger partial charge is 0.124 e. The maximum Gasteiger partial charge on any atom is 0.124 e. The zero-order chi connectivity index (χ0) is 12.2. The van der Waals surface area contributed by atoms with Crippen LogP contribution in [0.2, 0.25) is 18.1 Å². The summed E-state index contributed by atoms with van der Waals surface area (Å²) in [6.07, 6.45) is 1.13. The van der Waals surface area contributed by atoms with Gasteiger partial charge in [0.2, 0.25) is 0 Å². The molecule has 1 aromatic rings. The average molecular weight is 235 g/mol. The second-order valence-corrected chi connectivity index (χ2v) is 11.1. The molecule has 0 radical (unpaired) electrons. The second kappa shape index (κ2) is 5.15. The summed E-state index contributed by atoms with van der Waals surface area (Å²) in [6.45, 7) is 13.0. The van der Waals surface area contributed by atoms with Crippen LogP contribution in [0.15, 0.2) is 30.3 Å². The molecule has 0 bridgehead atoms. The van der Waals surface area contributed by atoms with E-state index in [0.717, 1.165) is 13.0 Å². The van der Waals surface area contributed by atoms with E-state index in [9.17, 15) is 0 Å². The van der Waals surface area contributed by atoms with Crippen molar-refractivity contribution >= 4 is 8.24 Å². The van der Waals surface area contributed by atoms with Gasteiger partial charge in [0.1, 0.15) is 8.24 Å². The summed E-state index contributed by atoms with van der Waals surface area (Å²) in [5.41, 5.74) is 1.42. The van der Waals surface area contributed by atoms with Crippen molar-refractivity contribution in [3.63, 3.8) is 0 Å². The Morgan fingerprint density at radius 3 is 2.12 bits per heavy atom. The van der Waals surface area contributed by atoms with Crippen LogP contribution in [-0.2, 0) is 6.42 Å². The van der Waals surface area contributed by atoms with Crippen molar-refractivity contribution in [1.82, 2.24) is 4.98 Å². The molecular weight excluding hydrogens is 210 g/mol. The van der Waals surface area contributed by atoms with Gasteiger partial charge in [0.15, 0.2) is 0 Å². The molecule has 0 aromatic heterocycles. The zero-order valence-corrected chi connectivity index (χ0v) is 12.3. The number of hydrogen-bond acceptors (Lipinski definition) is 1. The molecule has 0 aliphatic heterocycles. The van der Waals surface area contributed by atoms with Crippen molar-refractivity contribution in [2.24, 2.45) is 0 Å². The number of nitrogens with one attached hydrogen (secondary N) is 1. The minimum atomic E-state index is -1.31. The van der Waals surface area contributed by atoms with Gasteiger partial charge < -0.3 is 4.98 Å². The zero-order valence-electron chi connectivity index (χ0n) is 11.3. The quantitative estimate of drug-likeness (QED) is 0.782. The first-order valence-corrected chi connectivity index (χ1v) is 9.12. The van der Waals surface area contributed by atoms with E-state index in [-0.39, 0.29) is 0 Å². The van der Waals surface area contributed by atoms with Gasteiger partial charge in [0.05, 0.1) is 0 Å². The lowest BCUT2D eigenvalue weighted by molar-refractivity contribution is 0.682. The van der Waals surface area contributed by atoms with Crippen molar-refractivity contribution in [2.45, 2.75) is 45.3 Å². The highest BCUT2D eigenvalue weighted by Gasteiger charge is 2.34. The van der Waals surface area contributed by atoms with Crippen molar-refractivity contribution in [3.8, 4) is 0 Å². The van der Waals surface area contributed by atoms with E-state index < -0.39 is 8.24 Å². The molecule has 2 heteroatoms. The SMILES string of the molecule is CC(C)(C)[Si](C)(C)NCCc1ccccc1. The Bertz CT molecular complexity index is 311. The summed E-state index contributed by atoms with van der Waals surface area (Å²) in [5.74, 6) is 0. The topological polar surface area (TPSA) is 12.0 Å².